The van der Waals surface area contributed by atoms with Crippen LogP contribution in [0.15, 0.2) is 22.7 Å². The molecule has 0 saturated carbocycles. The van der Waals surface area contributed by atoms with Gasteiger partial charge in [-0.2, -0.15) is 0 Å². The highest BCUT2D eigenvalue weighted by Gasteiger charge is 2.22. The van der Waals surface area contributed by atoms with E-state index in [-0.39, 0.29) is 0 Å². The van der Waals surface area contributed by atoms with Crippen molar-refractivity contribution in [2.75, 3.05) is 33.3 Å². The molecule has 0 aromatic heterocycles. The Kier molecular flexibility index (Phi) is 5.67. The third-order valence-electron chi connectivity index (χ3n) is 3.75. The second kappa shape index (κ2) is 7.27. The largest absolute Gasteiger partial charge is 0.496 e. The van der Waals surface area contributed by atoms with E-state index in [1.165, 1.54) is 12.0 Å². The number of benzene rings is 1. The van der Waals surface area contributed by atoms with Gasteiger partial charge in [0.25, 0.3) is 0 Å². The number of ether oxygens (including phenoxy) is 1. The van der Waals surface area contributed by atoms with Crippen LogP contribution >= 0.6 is 15.9 Å². The van der Waals surface area contributed by atoms with E-state index in [4.69, 9.17) is 4.74 Å². The van der Waals surface area contributed by atoms with Gasteiger partial charge in [0.2, 0.25) is 0 Å². The summed E-state index contributed by atoms with van der Waals surface area (Å²) in [6, 6.07) is 6.73. The standard InChI is InChI=1S/C15H23BrN2O/c1-3-14(18-9-4-7-17-8-10-18)13-11-12(16)5-6-15(13)19-2/h5-6,11,14,17H,3-4,7-10H2,1-2H3. The maximum absolute atomic E-state index is 5.54. The van der Waals surface area contributed by atoms with Gasteiger partial charge in [0.05, 0.1) is 7.11 Å². The van der Waals surface area contributed by atoms with Gasteiger partial charge in [-0.25, -0.2) is 0 Å². The Labute approximate surface area is 124 Å². The summed E-state index contributed by atoms with van der Waals surface area (Å²) in [5.74, 6) is 0.993. The van der Waals surface area contributed by atoms with Crippen LogP contribution in [0.1, 0.15) is 31.4 Å². The van der Waals surface area contributed by atoms with Crippen LogP contribution in [0.25, 0.3) is 0 Å². The Hall–Kier alpha value is -0.580. The SMILES string of the molecule is CCC(c1cc(Br)ccc1OC)N1CCCNCC1. The van der Waals surface area contributed by atoms with Crippen molar-refractivity contribution in [2.45, 2.75) is 25.8 Å². The van der Waals surface area contributed by atoms with Crippen LogP contribution in [-0.4, -0.2) is 38.2 Å². The molecule has 19 heavy (non-hydrogen) atoms. The first-order valence-electron chi connectivity index (χ1n) is 7.04. The van der Waals surface area contributed by atoms with Crippen molar-refractivity contribution in [1.29, 1.82) is 0 Å². The maximum Gasteiger partial charge on any atom is 0.123 e. The highest BCUT2D eigenvalue weighted by Crippen LogP contribution is 2.34. The van der Waals surface area contributed by atoms with Gasteiger partial charge in [-0.1, -0.05) is 22.9 Å². The lowest BCUT2D eigenvalue weighted by Gasteiger charge is -2.31. The average Bonchev–Trinajstić information content (AvgIpc) is 2.69. The van der Waals surface area contributed by atoms with Crippen LogP contribution < -0.4 is 10.1 Å². The van der Waals surface area contributed by atoms with Gasteiger partial charge in [-0.15, -0.1) is 0 Å². The van der Waals surface area contributed by atoms with Crippen LogP contribution in [0.4, 0.5) is 0 Å². The minimum atomic E-state index is 0.437. The second-order valence-corrected chi connectivity index (χ2v) is 5.87. The second-order valence-electron chi connectivity index (χ2n) is 4.95. The Bertz CT molecular complexity index is 403. The van der Waals surface area contributed by atoms with E-state index < -0.39 is 0 Å². The molecular formula is C15H23BrN2O. The predicted octanol–water partition coefficient (Wildman–Crippen LogP) is 3.20. The Morgan fingerprint density at radius 3 is 2.95 bits per heavy atom. The molecule has 1 N–H and O–H groups in total. The van der Waals surface area contributed by atoms with Crippen LogP contribution in [0, 0.1) is 0 Å². The van der Waals surface area contributed by atoms with Gasteiger partial charge in [0, 0.05) is 35.7 Å². The van der Waals surface area contributed by atoms with Crippen molar-refractivity contribution in [3.8, 4) is 5.75 Å². The van der Waals surface area contributed by atoms with Crippen LogP contribution in [0.5, 0.6) is 5.75 Å². The minimum Gasteiger partial charge on any atom is -0.496 e. The maximum atomic E-state index is 5.54. The van der Waals surface area contributed by atoms with Crippen molar-refractivity contribution < 1.29 is 4.74 Å². The predicted molar refractivity (Wildman–Crippen MR) is 82.8 cm³/mol. The molecule has 4 heteroatoms. The molecule has 2 rings (SSSR count). The first kappa shape index (κ1) is 14.8. The molecular weight excluding hydrogens is 304 g/mol. The van der Waals surface area contributed by atoms with Crippen molar-refractivity contribution in [1.82, 2.24) is 10.2 Å². The van der Waals surface area contributed by atoms with E-state index in [9.17, 15) is 0 Å². The molecule has 0 aliphatic carbocycles. The van der Waals surface area contributed by atoms with Gasteiger partial charge in [-0.05, 0) is 37.6 Å². The molecule has 1 aliphatic heterocycles. The molecule has 1 atom stereocenters. The third-order valence-corrected chi connectivity index (χ3v) is 4.25. The smallest absolute Gasteiger partial charge is 0.123 e. The third kappa shape index (κ3) is 3.71. The lowest BCUT2D eigenvalue weighted by molar-refractivity contribution is 0.201. The topological polar surface area (TPSA) is 24.5 Å². The quantitative estimate of drug-likeness (QED) is 0.919. The normalized spacial score (nSPS) is 18.9. The van der Waals surface area contributed by atoms with E-state index in [0.29, 0.717) is 6.04 Å². The Morgan fingerprint density at radius 1 is 1.37 bits per heavy atom. The number of rotatable bonds is 4. The number of hydrogen-bond acceptors (Lipinski definition) is 3. The van der Waals surface area contributed by atoms with Crippen molar-refractivity contribution in [3.63, 3.8) is 0 Å². The summed E-state index contributed by atoms with van der Waals surface area (Å²) in [7, 11) is 1.75. The average molecular weight is 327 g/mol. The molecule has 1 aliphatic rings. The lowest BCUT2D eigenvalue weighted by Crippen LogP contribution is -2.32. The summed E-state index contributed by atoms with van der Waals surface area (Å²) in [4.78, 5) is 2.57. The van der Waals surface area contributed by atoms with E-state index in [1.54, 1.807) is 7.11 Å². The molecule has 1 saturated heterocycles. The van der Waals surface area contributed by atoms with Gasteiger partial charge in [-0.3, -0.25) is 4.90 Å². The van der Waals surface area contributed by atoms with Crippen LogP contribution in [0.2, 0.25) is 0 Å². The zero-order valence-electron chi connectivity index (χ0n) is 11.8. The number of nitrogens with one attached hydrogen (secondary N) is 1. The monoisotopic (exact) mass is 326 g/mol. The lowest BCUT2D eigenvalue weighted by atomic mass is 10.0. The molecule has 3 nitrogen and oxygen atoms in total. The molecule has 1 heterocycles. The molecule has 0 radical (unpaired) electrons. The van der Waals surface area contributed by atoms with E-state index in [0.717, 1.165) is 42.8 Å². The summed E-state index contributed by atoms with van der Waals surface area (Å²) >= 11 is 3.58. The highest BCUT2D eigenvalue weighted by molar-refractivity contribution is 9.10. The molecule has 1 unspecified atom stereocenters. The summed E-state index contributed by atoms with van der Waals surface area (Å²) in [5.41, 5.74) is 1.29. The Morgan fingerprint density at radius 2 is 2.21 bits per heavy atom. The number of halogens is 1. The number of hydrogen-bond donors (Lipinski definition) is 1. The van der Waals surface area contributed by atoms with E-state index >= 15 is 0 Å². The molecule has 0 amide bonds. The zero-order chi connectivity index (χ0) is 13.7. The molecule has 106 valence electrons. The van der Waals surface area contributed by atoms with E-state index in [1.807, 2.05) is 6.07 Å². The fourth-order valence-electron chi connectivity index (χ4n) is 2.82. The minimum absolute atomic E-state index is 0.437. The molecule has 1 aromatic rings. The summed E-state index contributed by atoms with van der Waals surface area (Å²) in [6.07, 6.45) is 2.32. The number of nitrogens with zero attached hydrogens (tertiary/aromatic N) is 1. The molecule has 0 bridgehead atoms. The highest BCUT2D eigenvalue weighted by atomic mass is 79.9. The van der Waals surface area contributed by atoms with Gasteiger partial charge in [0.15, 0.2) is 0 Å². The van der Waals surface area contributed by atoms with E-state index in [2.05, 4.69) is 45.2 Å². The van der Waals surface area contributed by atoms with Crippen LogP contribution in [-0.2, 0) is 0 Å². The summed E-state index contributed by atoms with van der Waals surface area (Å²) in [6.45, 7) is 6.72. The molecule has 1 aromatic carbocycles. The Balaban J connectivity index is 2.26. The number of methoxy groups -OCH3 is 1. The van der Waals surface area contributed by atoms with Crippen molar-refractivity contribution >= 4 is 15.9 Å². The first-order chi connectivity index (χ1) is 9.26. The van der Waals surface area contributed by atoms with Crippen molar-refractivity contribution in [2.24, 2.45) is 0 Å². The molecule has 0 spiro atoms. The fourth-order valence-corrected chi connectivity index (χ4v) is 3.20. The van der Waals surface area contributed by atoms with Gasteiger partial charge in [0.1, 0.15) is 5.75 Å². The van der Waals surface area contributed by atoms with Gasteiger partial charge < -0.3 is 10.1 Å². The van der Waals surface area contributed by atoms with Crippen molar-refractivity contribution in [3.05, 3.63) is 28.2 Å². The molecule has 1 fully saturated rings. The van der Waals surface area contributed by atoms with Gasteiger partial charge >= 0.3 is 0 Å². The first-order valence-corrected chi connectivity index (χ1v) is 7.83. The zero-order valence-corrected chi connectivity index (χ0v) is 13.4. The summed E-state index contributed by atoms with van der Waals surface area (Å²) in [5, 5.41) is 3.47. The fraction of sp³-hybridized carbons (Fsp3) is 0.600. The summed E-state index contributed by atoms with van der Waals surface area (Å²) < 4.78 is 6.66. The van der Waals surface area contributed by atoms with Crippen LogP contribution in [0.3, 0.4) is 0 Å².